The minimum Gasteiger partial charge on any atom is -0.311 e. The first kappa shape index (κ1) is 12.3. The highest BCUT2D eigenvalue weighted by molar-refractivity contribution is 9.10. The van der Waals surface area contributed by atoms with E-state index < -0.39 is 0 Å². The van der Waals surface area contributed by atoms with Crippen molar-refractivity contribution in [2.24, 2.45) is 0 Å². The van der Waals surface area contributed by atoms with Crippen LogP contribution in [0, 0.1) is 0 Å². The lowest BCUT2D eigenvalue weighted by atomic mass is 10.2. The van der Waals surface area contributed by atoms with Crippen molar-refractivity contribution in [3.63, 3.8) is 0 Å². The Kier molecular flexibility index (Phi) is 4.28. The molecular formula is C12H15BrN4. The molecule has 1 aromatic heterocycles. The Labute approximate surface area is 109 Å². The van der Waals surface area contributed by atoms with Crippen molar-refractivity contribution in [3.05, 3.63) is 46.2 Å². The summed E-state index contributed by atoms with van der Waals surface area (Å²) in [6.07, 6.45) is 1.98. The van der Waals surface area contributed by atoms with Crippen LogP contribution >= 0.6 is 15.9 Å². The standard InChI is InChI=1S/C12H15BrN4/c1-2-14-7-12-9-17(16-15-12)8-10-4-3-5-11(13)6-10/h3-6,9,14H,2,7-8H2,1H3. The van der Waals surface area contributed by atoms with E-state index in [1.54, 1.807) is 0 Å². The zero-order chi connectivity index (χ0) is 12.1. The van der Waals surface area contributed by atoms with Gasteiger partial charge in [0.05, 0.1) is 18.4 Å². The fourth-order valence-electron chi connectivity index (χ4n) is 1.57. The number of aromatic nitrogens is 3. The van der Waals surface area contributed by atoms with Gasteiger partial charge in [-0.2, -0.15) is 0 Å². The molecule has 2 aromatic rings. The maximum Gasteiger partial charge on any atom is 0.0964 e. The predicted octanol–water partition coefficient (Wildman–Crippen LogP) is 2.20. The van der Waals surface area contributed by atoms with Crippen LogP contribution in [0.15, 0.2) is 34.9 Å². The molecule has 0 aliphatic rings. The minimum absolute atomic E-state index is 0.749. The molecule has 0 amide bonds. The van der Waals surface area contributed by atoms with Crippen molar-refractivity contribution in [3.8, 4) is 0 Å². The van der Waals surface area contributed by atoms with E-state index in [2.05, 4.69) is 50.6 Å². The molecule has 2 rings (SSSR count). The van der Waals surface area contributed by atoms with Gasteiger partial charge in [-0.3, -0.25) is 0 Å². The molecule has 0 unspecified atom stereocenters. The Hall–Kier alpha value is -1.20. The Bertz CT molecular complexity index is 481. The Morgan fingerprint density at radius 3 is 3.06 bits per heavy atom. The largest absolute Gasteiger partial charge is 0.311 e. The second-order valence-electron chi connectivity index (χ2n) is 3.82. The number of hydrogen-bond acceptors (Lipinski definition) is 3. The van der Waals surface area contributed by atoms with E-state index in [9.17, 15) is 0 Å². The van der Waals surface area contributed by atoms with E-state index >= 15 is 0 Å². The van der Waals surface area contributed by atoms with Gasteiger partial charge in [-0.15, -0.1) is 5.10 Å². The normalized spacial score (nSPS) is 10.7. The van der Waals surface area contributed by atoms with Crippen LogP contribution in [0.1, 0.15) is 18.2 Å². The summed E-state index contributed by atoms with van der Waals surface area (Å²) in [6, 6.07) is 8.21. The van der Waals surface area contributed by atoms with E-state index in [0.717, 1.165) is 29.8 Å². The van der Waals surface area contributed by atoms with Gasteiger partial charge in [-0.25, -0.2) is 4.68 Å². The minimum atomic E-state index is 0.749. The summed E-state index contributed by atoms with van der Waals surface area (Å²) >= 11 is 3.46. The van der Waals surface area contributed by atoms with Crippen molar-refractivity contribution in [1.82, 2.24) is 20.3 Å². The Balaban J connectivity index is 2.01. The maximum absolute atomic E-state index is 4.11. The van der Waals surface area contributed by atoms with Crippen LogP contribution in [0.2, 0.25) is 0 Å². The van der Waals surface area contributed by atoms with Gasteiger partial charge >= 0.3 is 0 Å². The first-order valence-corrected chi connectivity index (χ1v) is 6.41. The van der Waals surface area contributed by atoms with Crippen molar-refractivity contribution in [1.29, 1.82) is 0 Å². The maximum atomic E-state index is 4.11. The molecular weight excluding hydrogens is 280 g/mol. The third-order valence-electron chi connectivity index (χ3n) is 2.38. The van der Waals surface area contributed by atoms with Crippen LogP contribution in [0.3, 0.4) is 0 Å². The molecule has 0 saturated heterocycles. The number of nitrogens with one attached hydrogen (secondary N) is 1. The third-order valence-corrected chi connectivity index (χ3v) is 2.87. The summed E-state index contributed by atoms with van der Waals surface area (Å²) in [5.41, 5.74) is 2.18. The molecule has 17 heavy (non-hydrogen) atoms. The third kappa shape index (κ3) is 3.64. The molecule has 4 nitrogen and oxygen atoms in total. The second kappa shape index (κ2) is 5.93. The number of hydrogen-bond donors (Lipinski definition) is 1. The van der Waals surface area contributed by atoms with Gasteiger partial charge in [0, 0.05) is 11.0 Å². The SMILES string of the molecule is CCNCc1cn(Cc2cccc(Br)c2)nn1. The summed E-state index contributed by atoms with van der Waals surface area (Å²) in [6.45, 7) is 4.54. The predicted molar refractivity (Wildman–Crippen MR) is 70.6 cm³/mol. The van der Waals surface area contributed by atoms with E-state index in [1.807, 2.05) is 23.0 Å². The summed E-state index contributed by atoms with van der Waals surface area (Å²) < 4.78 is 2.94. The van der Waals surface area contributed by atoms with Gasteiger partial charge in [0.1, 0.15) is 0 Å². The fraction of sp³-hybridized carbons (Fsp3) is 0.333. The molecule has 0 atom stereocenters. The Morgan fingerprint density at radius 1 is 1.41 bits per heavy atom. The average molecular weight is 295 g/mol. The van der Waals surface area contributed by atoms with E-state index in [1.165, 1.54) is 5.56 Å². The van der Waals surface area contributed by atoms with Crippen LogP contribution in [0.5, 0.6) is 0 Å². The number of benzene rings is 1. The van der Waals surface area contributed by atoms with Gasteiger partial charge in [0.15, 0.2) is 0 Å². The van der Waals surface area contributed by atoms with Gasteiger partial charge in [-0.05, 0) is 24.2 Å². The molecule has 0 spiro atoms. The Morgan fingerprint density at radius 2 is 2.29 bits per heavy atom. The van der Waals surface area contributed by atoms with Crippen LogP contribution in [0.4, 0.5) is 0 Å². The zero-order valence-corrected chi connectivity index (χ0v) is 11.3. The fourth-order valence-corrected chi connectivity index (χ4v) is 2.02. The quantitative estimate of drug-likeness (QED) is 0.919. The summed E-state index contributed by atoms with van der Waals surface area (Å²) in [5.74, 6) is 0. The highest BCUT2D eigenvalue weighted by Crippen LogP contribution is 2.12. The highest BCUT2D eigenvalue weighted by atomic mass is 79.9. The summed E-state index contributed by atoms with van der Waals surface area (Å²) in [5, 5.41) is 11.4. The van der Waals surface area contributed by atoms with E-state index in [-0.39, 0.29) is 0 Å². The smallest absolute Gasteiger partial charge is 0.0964 e. The molecule has 0 aliphatic carbocycles. The van der Waals surface area contributed by atoms with Gasteiger partial charge < -0.3 is 5.32 Å². The first-order valence-electron chi connectivity index (χ1n) is 5.62. The van der Waals surface area contributed by atoms with Crippen molar-refractivity contribution in [2.45, 2.75) is 20.0 Å². The topological polar surface area (TPSA) is 42.7 Å². The molecule has 1 N–H and O–H groups in total. The lowest BCUT2D eigenvalue weighted by molar-refractivity contribution is 0.647. The lowest BCUT2D eigenvalue weighted by Crippen LogP contribution is -2.11. The highest BCUT2D eigenvalue weighted by Gasteiger charge is 2.01. The number of rotatable bonds is 5. The summed E-state index contributed by atoms with van der Waals surface area (Å²) in [4.78, 5) is 0. The van der Waals surface area contributed by atoms with Crippen LogP contribution in [0.25, 0.3) is 0 Å². The molecule has 1 aromatic carbocycles. The molecule has 1 heterocycles. The van der Waals surface area contributed by atoms with Gasteiger partial charge in [0.2, 0.25) is 0 Å². The number of halogens is 1. The lowest BCUT2D eigenvalue weighted by Gasteiger charge is -2.01. The molecule has 0 bridgehead atoms. The second-order valence-corrected chi connectivity index (χ2v) is 4.73. The molecule has 0 aliphatic heterocycles. The number of nitrogens with zero attached hydrogens (tertiary/aromatic N) is 3. The van der Waals surface area contributed by atoms with Gasteiger partial charge in [-0.1, -0.05) is 40.2 Å². The molecule has 0 radical (unpaired) electrons. The zero-order valence-electron chi connectivity index (χ0n) is 9.73. The first-order chi connectivity index (χ1) is 8.28. The van der Waals surface area contributed by atoms with Gasteiger partial charge in [0.25, 0.3) is 0 Å². The van der Waals surface area contributed by atoms with Crippen molar-refractivity contribution in [2.75, 3.05) is 6.54 Å². The average Bonchev–Trinajstić information content (AvgIpc) is 2.74. The monoisotopic (exact) mass is 294 g/mol. The molecule has 5 heteroatoms. The van der Waals surface area contributed by atoms with Crippen molar-refractivity contribution < 1.29 is 0 Å². The summed E-state index contributed by atoms with van der Waals surface area (Å²) in [7, 11) is 0. The van der Waals surface area contributed by atoms with Crippen LogP contribution < -0.4 is 5.32 Å². The van der Waals surface area contributed by atoms with E-state index in [0.29, 0.717) is 0 Å². The molecule has 90 valence electrons. The van der Waals surface area contributed by atoms with Crippen LogP contribution in [-0.2, 0) is 13.1 Å². The molecule has 0 saturated carbocycles. The molecule has 0 fully saturated rings. The van der Waals surface area contributed by atoms with Crippen LogP contribution in [-0.4, -0.2) is 21.5 Å². The van der Waals surface area contributed by atoms with Crippen molar-refractivity contribution >= 4 is 15.9 Å². The van der Waals surface area contributed by atoms with E-state index in [4.69, 9.17) is 0 Å².